The number of ether oxygens (including phenoxy) is 4. The lowest BCUT2D eigenvalue weighted by Crippen LogP contribution is -2.09. The van der Waals surface area contributed by atoms with E-state index in [0.717, 1.165) is 0 Å². The fourth-order valence-corrected chi connectivity index (χ4v) is 2.75. The summed E-state index contributed by atoms with van der Waals surface area (Å²) >= 11 is 6.34. The lowest BCUT2D eigenvalue weighted by Gasteiger charge is -2.14. The number of methoxy groups -OCH3 is 3. The number of benzene rings is 2. The van der Waals surface area contributed by atoms with E-state index in [-0.39, 0.29) is 5.91 Å². The molecule has 0 unspecified atom stereocenters. The van der Waals surface area contributed by atoms with E-state index in [9.17, 15) is 4.79 Å². The summed E-state index contributed by atoms with van der Waals surface area (Å²) in [6.07, 6.45) is 3.05. The molecule has 2 aromatic carbocycles. The highest BCUT2D eigenvalue weighted by atomic mass is 35.5. The number of hydrogen-bond donors (Lipinski definition) is 1. The zero-order chi connectivity index (χ0) is 21.4. The molecule has 0 aromatic heterocycles. The van der Waals surface area contributed by atoms with Crippen molar-refractivity contribution in [1.82, 2.24) is 0 Å². The Bertz CT molecular complexity index is 880. The van der Waals surface area contributed by atoms with Crippen LogP contribution in [0.25, 0.3) is 6.08 Å². The van der Waals surface area contributed by atoms with Gasteiger partial charge in [-0.05, 0) is 41.8 Å². The summed E-state index contributed by atoms with van der Waals surface area (Å²) in [6, 6.07) is 8.63. The maximum atomic E-state index is 12.3. The Hall–Kier alpha value is -2.86. The molecule has 0 saturated heterocycles. The van der Waals surface area contributed by atoms with Gasteiger partial charge in [-0.15, -0.1) is 0 Å². The Balaban J connectivity index is 2.14. The SMILES string of the molecule is COc1ccc(NC(=O)/C=C/c2cc(Cl)c(OCC(C)C)c(OC)c2)c(OC)c1. The number of anilines is 1. The third-order valence-electron chi connectivity index (χ3n) is 3.91. The Kier molecular flexibility index (Phi) is 8.21. The molecule has 1 amide bonds. The number of carbonyl (C=O) groups excluding carboxylic acids is 1. The van der Waals surface area contributed by atoms with Crippen molar-refractivity contribution in [2.24, 2.45) is 5.92 Å². The van der Waals surface area contributed by atoms with Crippen molar-refractivity contribution in [1.29, 1.82) is 0 Å². The molecule has 0 spiro atoms. The zero-order valence-electron chi connectivity index (χ0n) is 17.2. The Morgan fingerprint density at radius 2 is 1.79 bits per heavy atom. The summed E-state index contributed by atoms with van der Waals surface area (Å²) < 4.78 is 21.6. The number of amides is 1. The predicted molar refractivity (Wildman–Crippen MR) is 116 cm³/mol. The zero-order valence-corrected chi connectivity index (χ0v) is 18.0. The highest BCUT2D eigenvalue weighted by Crippen LogP contribution is 2.37. The van der Waals surface area contributed by atoms with Crippen molar-refractivity contribution >= 4 is 29.3 Å². The molecule has 0 bridgehead atoms. The molecule has 156 valence electrons. The summed E-state index contributed by atoms with van der Waals surface area (Å²) in [4.78, 5) is 12.3. The van der Waals surface area contributed by atoms with E-state index in [0.29, 0.717) is 51.8 Å². The minimum Gasteiger partial charge on any atom is -0.497 e. The number of rotatable bonds is 9. The van der Waals surface area contributed by atoms with Gasteiger partial charge in [0.15, 0.2) is 11.5 Å². The summed E-state index contributed by atoms with van der Waals surface area (Å²) in [6.45, 7) is 4.62. The molecule has 1 N–H and O–H groups in total. The molecule has 6 nitrogen and oxygen atoms in total. The average molecular weight is 420 g/mol. The second kappa shape index (κ2) is 10.6. The first-order valence-corrected chi connectivity index (χ1v) is 9.47. The van der Waals surface area contributed by atoms with Crippen LogP contribution in [-0.2, 0) is 4.79 Å². The smallest absolute Gasteiger partial charge is 0.248 e. The first kappa shape index (κ1) is 22.4. The van der Waals surface area contributed by atoms with Crippen LogP contribution in [-0.4, -0.2) is 33.8 Å². The second-order valence-electron chi connectivity index (χ2n) is 6.63. The van der Waals surface area contributed by atoms with Gasteiger partial charge in [0.1, 0.15) is 11.5 Å². The molecule has 0 fully saturated rings. The van der Waals surface area contributed by atoms with Crippen LogP contribution in [0.15, 0.2) is 36.4 Å². The predicted octanol–water partition coefficient (Wildman–Crippen LogP) is 5.05. The number of nitrogens with one attached hydrogen (secondary N) is 1. The Morgan fingerprint density at radius 1 is 1.07 bits per heavy atom. The van der Waals surface area contributed by atoms with Crippen molar-refractivity contribution in [3.63, 3.8) is 0 Å². The van der Waals surface area contributed by atoms with E-state index >= 15 is 0 Å². The first-order valence-electron chi connectivity index (χ1n) is 9.09. The minimum absolute atomic E-state index is 0.316. The van der Waals surface area contributed by atoms with Crippen molar-refractivity contribution < 1.29 is 23.7 Å². The number of halogens is 1. The van der Waals surface area contributed by atoms with Crippen LogP contribution >= 0.6 is 11.6 Å². The van der Waals surface area contributed by atoms with Crippen LogP contribution < -0.4 is 24.3 Å². The third-order valence-corrected chi connectivity index (χ3v) is 4.19. The Labute approximate surface area is 176 Å². The van der Waals surface area contributed by atoms with Crippen LogP contribution in [0.1, 0.15) is 19.4 Å². The third kappa shape index (κ3) is 6.32. The number of carbonyl (C=O) groups is 1. The van der Waals surface area contributed by atoms with Gasteiger partial charge in [0.2, 0.25) is 5.91 Å². The van der Waals surface area contributed by atoms with Gasteiger partial charge in [-0.3, -0.25) is 4.79 Å². The Morgan fingerprint density at radius 3 is 2.41 bits per heavy atom. The molecule has 2 aromatic rings. The molecule has 7 heteroatoms. The van der Waals surface area contributed by atoms with E-state index in [2.05, 4.69) is 5.32 Å². The van der Waals surface area contributed by atoms with Crippen molar-refractivity contribution in [3.05, 3.63) is 47.0 Å². The van der Waals surface area contributed by atoms with E-state index in [4.69, 9.17) is 30.5 Å². The minimum atomic E-state index is -0.316. The standard InChI is InChI=1S/C22H26ClNO5/c1-14(2)13-29-22-17(23)10-15(11-20(22)28-5)6-9-21(25)24-18-8-7-16(26-3)12-19(18)27-4/h6-12,14H,13H2,1-5H3,(H,24,25)/b9-6+. The summed E-state index contributed by atoms with van der Waals surface area (Å²) in [5.74, 6) is 2.18. The van der Waals surface area contributed by atoms with Crippen molar-refractivity contribution in [2.45, 2.75) is 13.8 Å². The fraction of sp³-hybridized carbons (Fsp3) is 0.318. The molecule has 0 heterocycles. The normalized spacial score (nSPS) is 10.9. The van der Waals surface area contributed by atoms with Gasteiger partial charge in [-0.1, -0.05) is 25.4 Å². The molecular formula is C22H26ClNO5. The highest BCUT2D eigenvalue weighted by Gasteiger charge is 2.12. The van der Waals surface area contributed by atoms with E-state index in [1.54, 1.807) is 50.6 Å². The molecular weight excluding hydrogens is 394 g/mol. The van der Waals surface area contributed by atoms with Gasteiger partial charge in [-0.2, -0.15) is 0 Å². The molecule has 0 aliphatic carbocycles. The van der Waals surface area contributed by atoms with Gasteiger partial charge in [0.25, 0.3) is 0 Å². The molecule has 0 atom stereocenters. The van der Waals surface area contributed by atoms with Crippen LogP contribution in [0, 0.1) is 5.92 Å². The van der Waals surface area contributed by atoms with Gasteiger partial charge in [0, 0.05) is 12.1 Å². The topological polar surface area (TPSA) is 66.0 Å². The molecule has 0 aliphatic heterocycles. The monoisotopic (exact) mass is 419 g/mol. The first-order chi connectivity index (χ1) is 13.9. The molecule has 2 rings (SSSR count). The second-order valence-corrected chi connectivity index (χ2v) is 7.03. The van der Waals surface area contributed by atoms with Crippen molar-refractivity contribution in [2.75, 3.05) is 33.3 Å². The quantitative estimate of drug-likeness (QED) is 0.576. The van der Waals surface area contributed by atoms with Crippen LogP contribution in [0.2, 0.25) is 5.02 Å². The van der Waals surface area contributed by atoms with Gasteiger partial charge >= 0.3 is 0 Å². The lowest BCUT2D eigenvalue weighted by molar-refractivity contribution is -0.111. The average Bonchev–Trinajstić information content (AvgIpc) is 2.71. The fourth-order valence-electron chi connectivity index (χ4n) is 2.47. The highest BCUT2D eigenvalue weighted by molar-refractivity contribution is 6.32. The van der Waals surface area contributed by atoms with E-state index in [1.807, 2.05) is 13.8 Å². The lowest BCUT2D eigenvalue weighted by atomic mass is 10.1. The molecule has 0 radical (unpaired) electrons. The van der Waals surface area contributed by atoms with Crippen LogP contribution in [0.4, 0.5) is 5.69 Å². The molecule has 29 heavy (non-hydrogen) atoms. The van der Waals surface area contributed by atoms with Crippen LogP contribution in [0.3, 0.4) is 0 Å². The number of hydrogen-bond acceptors (Lipinski definition) is 5. The van der Waals surface area contributed by atoms with Gasteiger partial charge in [0.05, 0.1) is 38.6 Å². The maximum absolute atomic E-state index is 12.3. The largest absolute Gasteiger partial charge is 0.497 e. The van der Waals surface area contributed by atoms with Crippen molar-refractivity contribution in [3.8, 4) is 23.0 Å². The summed E-state index contributed by atoms with van der Waals surface area (Å²) in [5.41, 5.74) is 1.25. The van der Waals surface area contributed by atoms with E-state index in [1.165, 1.54) is 13.2 Å². The summed E-state index contributed by atoms with van der Waals surface area (Å²) in [5, 5.41) is 3.19. The maximum Gasteiger partial charge on any atom is 0.248 e. The van der Waals surface area contributed by atoms with Gasteiger partial charge in [-0.25, -0.2) is 0 Å². The molecule has 0 saturated carbocycles. The van der Waals surface area contributed by atoms with E-state index < -0.39 is 0 Å². The van der Waals surface area contributed by atoms with Crippen LogP contribution in [0.5, 0.6) is 23.0 Å². The van der Waals surface area contributed by atoms with Gasteiger partial charge < -0.3 is 24.3 Å². The molecule has 0 aliphatic rings. The summed E-state index contributed by atoms with van der Waals surface area (Å²) in [7, 11) is 4.63.